The van der Waals surface area contributed by atoms with Gasteiger partial charge in [0.05, 0.1) is 21.8 Å². The number of aromatic nitrogens is 1. The summed E-state index contributed by atoms with van der Waals surface area (Å²) in [4.78, 5) is 12.3. The van der Waals surface area contributed by atoms with E-state index in [1.807, 2.05) is 0 Å². The number of amides is 1. The SMILES string of the molecule is Cc1oncc1C(=O)Nc1ccc(Cl)c(NS(=O)(=O)c2ccc(Cl)cc2)c1. The fourth-order valence-electron chi connectivity index (χ4n) is 2.21. The molecular weight excluding hydrogens is 413 g/mol. The molecule has 0 spiro atoms. The van der Waals surface area contributed by atoms with Crippen LogP contribution in [0.2, 0.25) is 10.0 Å². The number of halogens is 2. The zero-order valence-electron chi connectivity index (χ0n) is 13.9. The summed E-state index contributed by atoms with van der Waals surface area (Å²) in [6.07, 6.45) is 1.30. The van der Waals surface area contributed by atoms with Crippen LogP contribution in [0.15, 0.2) is 58.1 Å². The van der Waals surface area contributed by atoms with Gasteiger partial charge in [0.15, 0.2) is 0 Å². The van der Waals surface area contributed by atoms with E-state index >= 15 is 0 Å². The first-order valence-corrected chi connectivity index (χ1v) is 9.81. The van der Waals surface area contributed by atoms with E-state index in [-0.39, 0.29) is 21.2 Å². The molecule has 0 unspecified atom stereocenters. The van der Waals surface area contributed by atoms with E-state index in [1.165, 1.54) is 42.6 Å². The number of benzene rings is 2. The molecular formula is C17H13Cl2N3O4S. The Morgan fingerprint density at radius 3 is 2.44 bits per heavy atom. The van der Waals surface area contributed by atoms with Gasteiger partial charge >= 0.3 is 0 Å². The van der Waals surface area contributed by atoms with Gasteiger partial charge in [-0.05, 0) is 49.4 Å². The van der Waals surface area contributed by atoms with Crippen molar-refractivity contribution in [2.75, 3.05) is 10.0 Å². The van der Waals surface area contributed by atoms with Gasteiger partial charge in [-0.15, -0.1) is 0 Å². The maximum absolute atomic E-state index is 12.5. The van der Waals surface area contributed by atoms with E-state index < -0.39 is 15.9 Å². The second kappa shape index (κ2) is 7.59. The van der Waals surface area contributed by atoms with Gasteiger partial charge in [0.2, 0.25) is 0 Å². The van der Waals surface area contributed by atoms with Gasteiger partial charge in [-0.3, -0.25) is 9.52 Å². The van der Waals surface area contributed by atoms with Crippen LogP contribution in [0, 0.1) is 6.92 Å². The number of nitrogens with zero attached hydrogens (tertiary/aromatic N) is 1. The summed E-state index contributed by atoms with van der Waals surface area (Å²) in [5.41, 5.74) is 0.735. The van der Waals surface area contributed by atoms with E-state index in [1.54, 1.807) is 13.0 Å². The maximum atomic E-state index is 12.5. The summed E-state index contributed by atoms with van der Waals surface area (Å²) in [6.45, 7) is 1.61. The van der Waals surface area contributed by atoms with Crippen LogP contribution in [-0.2, 0) is 10.0 Å². The largest absolute Gasteiger partial charge is 0.361 e. The number of anilines is 2. The number of sulfonamides is 1. The van der Waals surface area contributed by atoms with Gasteiger partial charge in [-0.1, -0.05) is 28.4 Å². The van der Waals surface area contributed by atoms with Crippen LogP contribution in [0.3, 0.4) is 0 Å². The van der Waals surface area contributed by atoms with E-state index in [0.29, 0.717) is 16.5 Å². The first-order valence-electron chi connectivity index (χ1n) is 7.57. The summed E-state index contributed by atoms with van der Waals surface area (Å²) in [5, 5.41) is 6.77. The number of rotatable bonds is 5. The first-order chi connectivity index (χ1) is 12.8. The molecule has 27 heavy (non-hydrogen) atoms. The lowest BCUT2D eigenvalue weighted by atomic mass is 10.2. The zero-order chi connectivity index (χ0) is 19.6. The summed E-state index contributed by atoms with van der Waals surface area (Å²) in [5.74, 6) is -0.0762. The Balaban J connectivity index is 1.84. The molecule has 0 atom stereocenters. The van der Waals surface area contributed by atoms with Crippen LogP contribution < -0.4 is 10.0 Å². The van der Waals surface area contributed by atoms with Crippen LogP contribution in [0.1, 0.15) is 16.1 Å². The van der Waals surface area contributed by atoms with Gasteiger partial charge in [0.1, 0.15) is 11.3 Å². The summed E-state index contributed by atoms with van der Waals surface area (Å²) >= 11 is 11.9. The molecule has 1 aromatic heterocycles. The predicted molar refractivity (Wildman–Crippen MR) is 103 cm³/mol. The number of nitrogens with one attached hydrogen (secondary N) is 2. The lowest BCUT2D eigenvalue weighted by Gasteiger charge is -2.12. The van der Waals surface area contributed by atoms with Crippen LogP contribution in [0.5, 0.6) is 0 Å². The van der Waals surface area contributed by atoms with Crippen LogP contribution in [0.25, 0.3) is 0 Å². The number of hydrogen-bond donors (Lipinski definition) is 2. The summed E-state index contributed by atoms with van der Waals surface area (Å²) < 4.78 is 32.3. The third kappa shape index (κ3) is 4.41. The highest BCUT2D eigenvalue weighted by molar-refractivity contribution is 7.92. The van der Waals surface area contributed by atoms with Crippen molar-refractivity contribution in [2.45, 2.75) is 11.8 Å². The molecule has 1 amide bonds. The third-order valence-electron chi connectivity index (χ3n) is 3.59. The molecule has 0 aliphatic rings. The Bertz CT molecular complexity index is 1100. The van der Waals surface area contributed by atoms with Crippen molar-refractivity contribution in [1.29, 1.82) is 0 Å². The van der Waals surface area contributed by atoms with Gasteiger partial charge in [0.25, 0.3) is 15.9 Å². The average Bonchev–Trinajstić information content (AvgIpc) is 3.04. The van der Waals surface area contributed by atoms with Gasteiger partial charge in [-0.2, -0.15) is 0 Å². The second-order valence-electron chi connectivity index (χ2n) is 5.50. The molecule has 0 aliphatic carbocycles. The van der Waals surface area contributed by atoms with Crippen molar-refractivity contribution in [3.63, 3.8) is 0 Å². The number of hydrogen-bond acceptors (Lipinski definition) is 5. The molecule has 0 radical (unpaired) electrons. The molecule has 0 bridgehead atoms. The first kappa shape index (κ1) is 19.2. The molecule has 7 nitrogen and oxygen atoms in total. The van der Waals surface area contributed by atoms with Gasteiger partial charge in [-0.25, -0.2) is 8.42 Å². The van der Waals surface area contributed by atoms with Crippen molar-refractivity contribution in [3.05, 3.63) is 70.0 Å². The molecule has 2 aromatic carbocycles. The Morgan fingerprint density at radius 2 is 1.81 bits per heavy atom. The fraction of sp³-hybridized carbons (Fsp3) is 0.0588. The molecule has 3 rings (SSSR count). The number of aryl methyl sites for hydroxylation is 1. The minimum atomic E-state index is -3.88. The van der Waals surface area contributed by atoms with Crippen LogP contribution in [0.4, 0.5) is 11.4 Å². The smallest absolute Gasteiger partial charge is 0.261 e. The van der Waals surface area contributed by atoms with Crippen molar-refractivity contribution in [2.24, 2.45) is 0 Å². The van der Waals surface area contributed by atoms with Crippen molar-refractivity contribution in [1.82, 2.24) is 5.16 Å². The molecule has 3 aromatic rings. The summed E-state index contributed by atoms with van der Waals surface area (Å²) in [7, 11) is -3.88. The maximum Gasteiger partial charge on any atom is 0.261 e. The molecule has 10 heteroatoms. The monoisotopic (exact) mass is 425 g/mol. The highest BCUT2D eigenvalue weighted by Gasteiger charge is 2.17. The number of carbonyl (C=O) groups excluding carboxylic acids is 1. The van der Waals surface area contributed by atoms with E-state index in [9.17, 15) is 13.2 Å². The Labute approximate surface area is 165 Å². The minimum absolute atomic E-state index is 0.0255. The topological polar surface area (TPSA) is 101 Å². The normalized spacial score (nSPS) is 11.2. The van der Waals surface area contributed by atoms with Crippen molar-refractivity contribution in [3.8, 4) is 0 Å². The molecule has 140 valence electrons. The Hall–Kier alpha value is -2.55. The van der Waals surface area contributed by atoms with Crippen LogP contribution in [-0.4, -0.2) is 19.5 Å². The number of carbonyl (C=O) groups is 1. The highest BCUT2D eigenvalue weighted by atomic mass is 35.5. The van der Waals surface area contributed by atoms with Crippen molar-refractivity contribution >= 4 is 50.5 Å². The molecule has 0 saturated heterocycles. The average molecular weight is 426 g/mol. The zero-order valence-corrected chi connectivity index (χ0v) is 16.2. The lowest BCUT2D eigenvalue weighted by Crippen LogP contribution is -2.15. The third-order valence-corrected chi connectivity index (χ3v) is 5.55. The van der Waals surface area contributed by atoms with E-state index in [0.717, 1.165) is 0 Å². The molecule has 0 fully saturated rings. The highest BCUT2D eigenvalue weighted by Crippen LogP contribution is 2.28. The molecule has 0 aliphatic heterocycles. The minimum Gasteiger partial charge on any atom is -0.361 e. The quantitative estimate of drug-likeness (QED) is 0.632. The molecule has 1 heterocycles. The lowest BCUT2D eigenvalue weighted by molar-refractivity contribution is 0.102. The van der Waals surface area contributed by atoms with Gasteiger partial charge < -0.3 is 9.84 Å². The van der Waals surface area contributed by atoms with Crippen molar-refractivity contribution < 1.29 is 17.7 Å². The molecule has 2 N–H and O–H groups in total. The van der Waals surface area contributed by atoms with Gasteiger partial charge in [0, 0.05) is 10.7 Å². The Kier molecular flexibility index (Phi) is 5.41. The Morgan fingerprint density at radius 1 is 1.11 bits per heavy atom. The fourth-order valence-corrected chi connectivity index (χ4v) is 3.63. The molecule has 0 saturated carbocycles. The second-order valence-corrected chi connectivity index (χ2v) is 8.03. The van der Waals surface area contributed by atoms with Crippen LogP contribution >= 0.6 is 23.2 Å². The standard InChI is InChI=1S/C17H13Cl2N3O4S/c1-10-14(9-20-26-10)17(23)21-12-4-7-15(19)16(8-12)22-27(24,25)13-5-2-11(18)3-6-13/h2-9,22H,1H3,(H,21,23). The summed E-state index contributed by atoms with van der Waals surface area (Å²) in [6, 6.07) is 10.1. The van der Waals surface area contributed by atoms with E-state index in [2.05, 4.69) is 15.2 Å². The van der Waals surface area contributed by atoms with E-state index in [4.69, 9.17) is 27.7 Å². The predicted octanol–water partition coefficient (Wildman–Crippen LogP) is 4.34.